The minimum Gasteiger partial charge on any atom is -0.465 e. The van der Waals surface area contributed by atoms with Crippen LogP contribution < -0.4 is 4.13 Å². The third kappa shape index (κ3) is 8.37. The first-order chi connectivity index (χ1) is 8.07. The zero-order chi connectivity index (χ0) is 14.4. The van der Waals surface area contributed by atoms with E-state index >= 15 is 0 Å². The average Bonchev–Trinajstić information content (AvgIpc) is 2.19. The summed E-state index contributed by atoms with van der Waals surface area (Å²) in [5.41, 5.74) is 0. The van der Waals surface area contributed by atoms with Crippen molar-refractivity contribution in [3.63, 3.8) is 0 Å². The summed E-state index contributed by atoms with van der Waals surface area (Å²) < 4.78 is 59.8. The number of ether oxygens (including phenoxy) is 1. The highest BCUT2D eigenvalue weighted by Gasteiger charge is 2.19. The Morgan fingerprint density at radius 2 is 1.89 bits per heavy atom. The van der Waals surface area contributed by atoms with Gasteiger partial charge < -0.3 is 4.74 Å². The minimum atomic E-state index is -5.30. The molecule has 0 aromatic carbocycles. The van der Waals surface area contributed by atoms with E-state index in [0.717, 1.165) is 4.13 Å². The van der Waals surface area contributed by atoms with E-state index in [9.17, 15) is 25.5 Å². The van der Waals surface area contributed by atoms with Gasteiger partial charge in [-0.05, 0) is 12.8 Å². The van der Waals surface area contributed by atoms with E-state index in [1.165, 1.54) is 0 Å². The van der Waals surface area contributed by atoms with E-state index in [-0.39, 0.29) is 18.9 Å². The molecule has 0 saturated carbocycles. The SMILES string of the molecule is CCC(C)C(=O)OCCCS(=O)(=O)NS(=O)(=O)F. The summed E-state index contributed by atoms with van der Waals surface area (Å²) in [5, 5.41) is 0. The van der Waals surface area contributed by atoms with Crippen molar-refractivity contribution in [2.45, 2.75) is 26.7 Å². The highest BCUT2D eigenvalue weighted by molar-refractivity contribution is 8.02. The third-order valence-electron chi connectivity index (χ3n) is 2.04. The molecule has 0 fully saturated rings. The van der Waals surface area contributed by atoms with Crippen LogP contribution in [0.1, 0.15) is 26.7 Å². The summed E-state index contributed by atoms with van der Waals surface area (Å²) in [4.78, 5) is 11.2. The molecule has 1 atom stereocenters. The van der Waals surface area contributed by atoms with Gasteiger partial charge in [0.25, 0.3) is 0 Å². The number of carbonyl (C=O) groups is 1. The van der Waals surface area contributed by atoms with Gasteiger partial charge in [-0.3, -0.25) is 4.79 Å². The molecule has 0 heterocycles. The van der Waals surface area contributed by atoms with Crippen LogP contribution in [0.3, 0.4) is 0 Å². The standard InChI is InChI=1S/C8H16FNO6S2/c1-3-7(2)8(11)16-5-4-6-17(12,13)10-18(9,14)15/h7,10H,3-6H2,1-2H3. The number of rotatable bonds is 8. The Bertz CT molecular complexity index is 472. The van der Waals surface area contributed by atoms with Gasteiger partial charge in [-0.2, -0.15) is 8.42 Å². The van der Waals surface area contributed by atoms with Gasteiger partial charge in [0, 0.05) is 0 Å². The number of hydrogen-bond donors (Lipinski definition) is 1. The van der Waals surface area contributed by atoms with E-state index < -0.39 is 32.2 Å². The molecule has 0 aromatic rings. The molecule has 10 heteroatoms. The van der Waals surface area contributed by atoms with Crippen LogP contribution >= 0.6 is 0 Å². The van der Waals surface area contributed by atoms with Crippen LogP contribution in [0, 0.1) is 5.92 Å². The molecule has 1 N–H and O–H groups in total. The van der Waals surface area contributed by atoms with E-state index in [1.807, 2.05) is 0 Å². The summed E-state index contributed by atoms with van der Waals surface area (Å²) in [7, 11) is -9.57. The third-order valence-corrected chi connectivity index (χ3v) is 4.68. The maximum absolute atomic E-state index is 12.1. The van der Waals surface area contributed by atoms with Gasteiger partial charge in [-0.15, -0.1) is 0 Å². The fourth-order valence-electron chi connectivity index (χ4n) is 0.924. The van der Waals surface area contributed by atoms with Gasteiger partial charge in [0.05, 0.1) is 18.3 Å². The van der Waals surface area contributed by atoms with Gasteiger partial charge in [-0.25, -0.2) is 8.42 Å². The molecule has 0 aromatic heterocycles. The summed E-state index contributed by atoms with van der Waals surface area (Å²) >= 11 is 0. The predicted molar refractivity (Wildman–Crippen MR) is 62.0 cm³/mol. The normalized spacial score (nSPS) is 14.2. The van der Waals surface area contributed by atoms with Crippen LogP contribution in [-0.2, 0) is 30.0 Å². The van der Waals surface area contributed by atoms with Crippen LogP contribution in [0.4, 0.5) is 3.89 Å². The van der Waals surface area contributed by atoms with Crippen molar-refractivity contribution in [2.75, 3.05) is 12.4 Å². The van der Waals surface area contributed by atoms with Crippen molar-refractivity contribution in [1.29, 1.82) is 0 Å². The van der Waals surface area contributed by atoms with E-state index in [1.54, 1.807) is 13.8 Å². The number of hydrogen-bond acceptors (Lipinski definition) is 6. The minimum absolute atomic E-state index is 0.118. The molecular weight excluding hydrogens is 289 g/mol. The number of nitrogens with one attached hydrogen (secondary N) is 1. The second kappa shape index (κ2) is 7.00. The average molecular weight is 305 g/mol. The lowest BCUT2D eigenvalue weighted by molar-refractivity contribution is -0.148. The molecule has 0 aliphatic carbocycles. The smallest absolute Gasteiger partial charge is 0.385 e. The summed E-state index contributed by atoms with van der Waals surface area (Å²) in [5.74, 6) is -1.39. The second-order valence-corrected chi connectivity index (χ2v) is 6.85. The largest absolute Gasteiger partial charge is 0.465 e. The van der Waals surface area contributed by atoms with Crippen molar-refractivity contribution in [3.05, 3.63) is 0 Å². The molecule has 1 unspecified atom stereocenters. The highest BCUT2D eigenvalue weighted by Crippen LogP contribution is 2.04. The maximum atomic E-state index is 12.1. The first-order valence-corrected chi connectivity index (χ1v) is 8.23. The van der Waals surface area contributed by atoms with Crippen LogP contribution in [0.2, 0.25) is 0 Å². The summed E-state index contributed by atoms with van der Waals surface area (Å²) in [6.07, 6.45) is 0.478. The second-order valence-electron chi connectivity index (χ2n) is 3.67. The molecule has 0 amide bonds. The predicted octanol–water partition coefficient (Wildman–Crippen LogP) is 0.0995. The zero-order valence-corrected chi connectivity index (χ0v) is 11.7. The number of esters is 1. The molecule has 0 aliphatic heterocycles. The number of carbonyl (C=O) groups excluding carboxylic acids is 1. The molecule has 108 valence electrons. The molecule has 18 heavy (non-hydrogen) atoms. The Labute approximate surface area is 106 Å². The Morgan fingerprint density at radius 1 is 1.33 bits per heavy atom. The lowest BCUT2D eigenvalue weighted by Crippen LogP contribution is -2.30. The molecule has 0 radical (unpaired) electrons. The van der Waals surface area contributed by atoms with Crippen LogP contribution in [0.5, 0.6) is 0 Å². The first-order valence-electron chi connectivity index (χ1n) is 5.20. The Balaban J connectivity index is 4.03. The van der Waals surface area contributed by atoms with Crippen LogP contribution in [-0.4, -0.2) is 35.2 Å². The Kier molecular flexibility index (Phi) is 6.71. The number of halogens is 1. The highest BCUT2D eigenvalue weighted by atomic mass is 32.3. The Hall–Kier alpha value is -0.740. The quantitative estimate of drug-likeness (QED) is 0.387. The summed E-state index contributed by atoms with van der Waals surface area (Å²) in [6.45, 7) is 3.29. The van der Waals surface area contributed by atoms with Crippen molar-refractivity contribution < 1.29 is 30.3 Å². The molecule has 0 bridgehead atoms. The van der Waals surface area contributed by atoms with Crippen LogP contribution in [0.15, 0.2) is 0 Å². The molecule has 0 aliphatic rings. The molecule has 0 saturated heterocycles. The van der Waals surface area contributed by atoms with Gasteiger partial charge in [0.1, 0.15) is 0 Å². The zero-order valence-electron chi connectivity index (χ0n) is 10.0. The van der Waals surface area contributed by atoms with Crippen molar-refractivity contribution >= 4 is 26.4 Å². The summed E-state index contributed by atoms with van der Waals surface area (Å²) in [6, 6.07) is 0. The fourth-order valence-corrected chi connectivity index (χ4v) is 2.97. The van der Waals surface area contributed by atoms with E-state index in [4.69, 9.17) is 4.74 Å². The molecule has 0 spiro atoms. The van der Waals surface area contributed by atoms with Crippen molar-refractivity contribution in [1.82, 2.24) is 4.13 Å². The van der Waals surface area contributed by atoms with Gasteiger partial charge in [-0.1, -0.05) is 21.9 Å². The lowest BCUT2D eigenvalue weighted by atomic mass is 10.1. The van der Waals surface area contributed by atoms with Crippen molar-refractivity contribution in [2.24, 2.45) is 5.92 Å². The monoisotopic (exact) mass is 305 g/mol. The van der Waals surface area contributed by atoms with Crippen molar-refractivity contribution in [3.8, 4) is 0 Å². The van der Waals surface area contributed by atoms with Crippen LogP contribution in [0.25, 0.3) is 0 Å². The molecule has 7 nitrogen and oxygen atoms in total. The Morgan fingerprint density at radius 3 is 2.33 bits per heavy atom. The topological polar surface area (TPSA) is 107 Å². The van der Waals surface area contributed by atoms with Gasteiger partial charge in [0.2, 0.25) is 10.0 Å². The first kappa shape index (κ1) is 17.3. The molecular formula is C8H16FNO6S2. The van der Waals surface area contributed by atoms with E-state index in [0.29, 0.717) is 6.42 Å². The lowest BCUT2D eigenvalue weighted by Gasteiger charge is -2.09. The van der Waals surface area contributed by atoms with Gasteiger partial charge in [0.15, 0.2) is 0 Å². The molecule has 0 rings (SSSR count). The fraction of sp³-hybridized carbons (Fsp3) is 0.875. The maximum Gasteiger partial charge on any atom is 0.385 e. The number of sulfonamides is 1. The van der Waals surface area contributed by atoms with E-state index in [2.05, 4.69) is 0 Å². The van der Waals surface area contributed by atoms with Gasteiger partial charge >= 0.3 is 16.4 Å².